The molecule has 2 aromatic heterocycles. The smallest absolute Gasteiger partial charge is 0.410 e. The van der Waals surface area contributed by atoms with Crippen LogP contribution in [0.4, 0.5) is 4.79 Å². The van der Waals surface area contributed by atoms with Crippen LogP contribution in [0, 0.1) is 23.2 Å². The zero-order valence-corrected chi connectivity index (χ0v) is 23.5. The Morgan fingerprint density at radius 3 is 2.69 bits per heavy atom. The minimum absolute atomic E-state index is 0.0302. The first-order valence-corrected chi connectivity index (χ1v) is 14.1. The van der Waals surface area contributed by atoms with Crippen molar-refractivity contribution >= 4 is 17.6 Å². The van der Waals surface area contributed by atoms with Crippen LogP contribution in [0.25, 0.3) is 5.65 Å². The van der Waals surface area contributed by atoms with Crippen molar-refractivity contribution in [3.05, 3.63) is 29.7 Å². The van der Waals surface area contributed by atoms with E-state index in [1.54, 1.807) is 18.7 Å². The van der Waals surface area contributed by atoms with E-state index < -0.39 is 17.7 Å². The number of aromatic nitrogens is 3. The Balaban J connectivity index is 1.33. The molecule has 214 valence electrons. The van der Waals surface area contributed by atoms with Crippen molar-refractivity contribution in [1.82, 2.24) is 24.8 Å². The molecule has 4 fully saturated rings. The zero-order chi connectivity index (χ0) is 27.8. The number of ether oxygens (including phenoxy) is 3. The highest BCUT2D eigenvalue weighted by Crippen LogP contribution is 2.61. The van der Waals surface area contributed by atoms with Gasteiger partial charge in [0.25, 0.3) is 0 Å². The second kappa shape index (κ2) is 11.0. The average molecular weight is 543 g/mol. The fourth-order valence-corrected chi connectivity index (χ4v) is 6.37. The molecule has 3 heterocycles. The summed E-state index contributed by atoms with van der Waals surface area (Å²) in [5.74, 6) is 2.21. The van der Waals surface area contributed by atoms with Crippen LogP contribution in [0.15, 0.2) is 18.2 Å². The highest BCUT2D eigenvalue weighted by molar-refractivity contribution is 5.85. The monoisotopic (exact) mass is 542 g/mol. The number of nitrogens with zero attached hydrogens (tertiary/aromatic N) is 4. The second-order valence-corrected chi connectivity index (χ2v) is 12.4. The fraction of sp³-hybridized carbons (Fsp3) is 0.714. The summed E-state index contributed by atoms with van der Waals surface area (Å²) in [5.41, 5.74) is 6.68. The number of rotatable bonds is 9. The van der Waals surface area contributed by atoms with Gasteiger partial charge in [0.15, 0.2) is 11.5 Å². The number of nitrogens with two attached hydrogens (primary N) is 1. The van der Waals surface area contributed by atoms with Gasteiger partial charge in [-0.25, -0.2) is 4.79 Å². The number of amides is 2. The molecule has 3 saturated carbocycles. The largest absolute Gasteiger partial charge is 0.443 e. The first-order valence-electron chi connectivity index (χ1n) is 14.1. The fourth-order valence-electron chi connectivity index (χ4n) is 6.37. The van der Waals surface area contributed by atoms with E-state index in [0.29, 0.717) is 67.3 Å². The zero-order valence-electron chi connectivity index (χ0n) is 23.5. The maximum absolute atomic E-state index is 13.0. The van der Waals surface area contributed by atoms with Gasteiger partial charge in [-0.15, -0.1) is 10.2 Å². The lowest BCUT2D eigenvalue weighted by atomic mass is 9.46. The van der Waals surface area contributed by atoms with Crippen molar-refractivity contribution in [3.8, 4) is 0 Å². The summed E-state index contributed by atoms with van der Waals surface area (Å²) in [6.07, 6.45) is 3.32. The van der Waals surface area contributed by atoms with Crippen molar-refractivity contribution in [3.63, 3.8) is 0 Å². The molecule has 2 aromatic rings. The summed E-state index contributed by atoms with van der Waals surface area (Å²) in [7, 11) is 0. The van der Waals surface area contributed by atoms with E-state index in [1.807, 2.05) is 22.6 Å². The third-order valence-corrected chi connectivity index (χ3v) is 8.97. The summed E-state index contributed by atoms with van der Waals surface area (Å²) in [6.45, 7) is 11.0. The molecule has 4 atom stereocenters. The summed E-state index contributed by atoms with van der Waals surface area (Å²) in [6, 6.07) is 4.94. The van der Waals surface area contributed by atoms with Crippen LogP contribution in [0.5, 0.6) is 0 Å². The molecule has 0 aromatic carbocycles. The van der Waals surface area contributed by atoms with Gasteiger partial charge in [-0.1, -0.05) is 19.9 Å². The summed E-state index contributed by atoms with van der Waals surface area (Å²) >= 11 is 0. The van der Waals surface area contributed by atoms with Gasteiger partial charge in [0.1, 0.15) is 12.6 Å². The Bertz CT molecular complexity index is 1180. The maximum Gasteiger partial charge on any atom is 0.410 e. The number of nitrogens with one attached hydrogen (secondary N) is 1. The van der Waals surface area contributed by atoms with Gasteiger partial charge in [0.2, 0.25) is 5.91 Å². The molecule has 6 rings (SSSR count). The molecular formula is C28H42N6O5. The molecule has 0 unspecified atom stereocenters. The Morgan fingerprint density at radius 1 is 1.23 bits per heavy atom. The molecule has 0 spiro atoms. The Labute approximate surface area is 229 Å². The predicted molar refractivity (Wildman–Crippen MR) is 144 cm³/mol. The highest BCUT2D eigenvalue weighted by Gasteiger charge is 2.54. The third-order valence-electron chi connectivity index (χ3n) is 8.97. The summed E-state index contributed by atoms with van der Waals surface area (Å²) < 4.78 is 19.1. The van der Waals surface area contributed by atoms with Crippen LogP contribution in [0.3, 0.4) is 0 Å². The lowest BCUT2D eigenvalue weighted by Crippen LogP contribution is -2.53. The highest BCUT2D eigenvalue weighted by atomic mass is 16.6. The van der Waals surface area contributed by atoms with Crippen molar-refractivity contribution < 1.29 is 23.8 Å². The quantitative estimate of drug-likeness (QED) is 0.494. The molecule has 2 amide bonds. The Kier molecular flexibility index (Phi) is 7.85. The number of carbonyl (C=O) groups excluding carboxylic acids is 2. The molecule has 11 nitrogen and oxygen atoms in total. The van der Waals surface area contributed by atoms with Gasteiger partial charge in [-0.05, 0) is 68.4 Å². The van der Waals surface area contributed by atoms with E-state index in [9.17, 15) is 9.59 Å². The molecule has 1 aliphatic heterocycles. The molecular weight excluding hydrogens is 500 g/mol. The molecule has 3 aliphatic carbocycles. The lowest BCUT2D eigenvalue weighted by Gasteiger charge is -2.60. The van der Waals surface area contributed by atoms with Crippen LogP contribution in [-0.4, -0.2) is 76.6 Å². The predicted octanol–water partition coefficient (Wildman–Crippen LogP) is 2.68. The number of pyridine rings is 1. The topological polar surface area (TPSA) is 133 Å². The number of fused-ring (bicyclic) bond motifs is 3. The van der Waals surface area contributed by atoms with Crippen LogP contribution in [0.1, 0.15) is 64.5 Å². The molecule has 1 saturated heterocycles. The summed E-state index contributed by atoms with van der Waals surface area (Å²) in [5, 5.41) is 11.8. The van der Waals surface area contributed by atoms with E-state index >= 15 is 0 Å². The minimum Gasteiger partial charge on any atom is -0.443 e. The number of hydrogen-bond donors (Lipinski definition) is 2. The van der Waals surface area contributed by atoms with Crippen molar-refractivity contribution in [1.29, 1.82) is 0 Å². The SMILES string of the molecule is CC(C)(N)C(=O)N[C@H](COC[C@H]1CC[C@@H]2C[C@H]1C2(C)C)c1nnc2cccc(COC(=O)N3CCOCC3)n12. The van der Waals surface area contributed by atoms with Crippen LogP contribution >= 0.6 is 0 Å². The molecule has 4 aliphatic rings. The van der Waals surface area contributed by atoms with Crippen LogP contribution in [0.2, 0.25) is 0 Å². The molecule has 2 bridgehead atoms. The van der Waals surface area contributed by atoms with E-state index in [-0.39, 0.29) is 19.1 Å². The number of carbonyl (C=O) groups is 2. The van der Waals surface area contributed by atoms with Crippen LogP contribution in [-0.2, 0) is 25.6 Å². The van der Waals surface area contributed by atoms with Crippen LogP contribution < -0.4 is 11.1 Å². The third kappa shape index (κ3) is 5.76. The molecule has 3 N–H and O–H groups in total. The van der Waals surface area contributed by atoms with Crippen molar-refractivity contribution in [2.75, 3.05) is 39.5 Å². The number of morpholine rings is 1. The first-order chi connectivity index (χ1) is 18.6. The van der Waals surface area contributed by atoms with Gasteiger partial charge < -0.3 is 30.2 Å². The normalized spacial score (nSPS) is 25.2. The first kappa shape index (κ1) is 27.8. The average Bonchev–Trinajstić information content (AvgIpc) is 3.36. The second-order valence-electron chi connectivity index (χ2n) is 12.4. The van der Waals surface area contributed by atoms with Gasteiger partial charge in [0.05, 0.1) is 31.1 Å². The molecule has 11 heteroatoms. The van der Waals surface area contributed by atoms with E-state index in [2.05, 4.69) is 29.4 Å². The number of hydrogen-bond acceptors (Lipinski definition) is 8. The van der Waals surface area contributed by atoms with Crippen molar-refractivity contribution in [2.45, 2.75) is 65.1 Å². The Hall–Kier alpha value is -2.76. The lowest BCUT2D eigenvalue weighted by molar-refractivity contribution is -0.129. The minimum atomic E-state index is -1.08. The maximum atomic E-state index is 13.0. The van der Waals surface area contributed by atoms with Gasteiger partial charge in [-0.3, -0.25) is 9.20 Å². The van der Waals surface area contributed by atoms with Gasteiger partial charge in [-0.2, -0.15) is 0 Å². The standard InChI is InChI=1S/C28H42N6O5/c1-27(2)19-9-8-18(21(27)14-19)15-38-17-22(30-25(35)28(3,4)29)24-32-31-23-7-5-6-20(34(23)24)16-39-26(36)33-10-12-37-13-11-33/h5-7,18-19,21-22H,8-17,29H2,1-4H3,(H,30,35)/t18-,19-,21-,22-/m1/s1. The van der Waals surface area contributed by atoms with Gasteiger partial charge in [0, 0.05) is 19.7 Å². The van der Waals surface area contributed by atoms with E-state index in [4.69, 9.17) is 19.9 Å². The molecule has 39 heavy (non-hydrogen) atoms. The Morgan fingerprint density at radius 2 is 2.00 bits per heavy atom. The van der Waals surface area contributed by atoms with E-state index in [1.165, 1.54) is 19.3 Å². The van der Waals surface area contributed by atoms with E-state index in [0.717, 1.165) is 5.92 Å². The molecule has 0 radical (unpaired) electrons. The van der Waals surface area contributed by atoms with Crippen molar-refractivity contribution in [2.24, 2.45) is 28.9 Å². The van der Waals surface area contributed by atoms with Gasteiger partial charge >= 0.3 is 6.09 Å². The summed E-state index contributed by atoms with van der Waals surface area (Å²) in [4.78, 5) is 27.2.